The summed E-state index contributed by atoms with van der Waals surface area (Å²) in [5, 5.41) is 10.8. The molecule has 0 spiro atoms. The lowest BCUT2D eigenvalue weighted by molar-refractivity contribution is 0.478. The molecule has 1 aliphatic rings. The lowest BCUT2D eigenvalue weighted by atomic mass is 10.1. The third kappa shape index (κ3) is 3.02. The number of fused-ring (bicyclic) bond motifs is 2. The molecule has 5 aromatic rings. The fourth-order valence-electron chi connectivity index (χ4n) is 4.80. The Morgan fingerprint density at radius 1 is 1.00 bits per heavy atom. The minimum absolute atomic E-state index is 0.509. The molecule has 1 fully saturated rings. The first-order chi connectivity index (χ1) is 15.3. The van der Waals surface area contributed by atoms with Crippen LogP contribution in [0.3, 0.4) is 0 Å². The van der Waals surface area contributed by atoms with Crippen molar-refractivity contribution >= 4 is 21.9 Å². The summed E-state index contributed by atoms with van der Waals surface area (Å²) in [6, 6.07) is 17.1. The maximum Gasteiger partial charge on any atom is 0.173 e. The van der Waals surface area contributed by atoms with Gasteiger partial charge in [-0.3, -0.25) is 9.67 Å². The molecule has 31 heavy (non-hydrogen) atoms. The van der Waals surface area contributed by atoms with Crippen LogP contribution in [-0.4, -0.2) is 29.5 Å². The molecular weight excluding hydrogens is 384 g/mol. The van der Waals surface area contributed by atoms with E-state index in [0.29, 0.717) is 6.04 Å². The molecule has 2 aromatic carbocycles. The molecule has 0 amide bonds. The van der Waals surface area contributed by atoms with Crippen LogP contribution in [0.5, 0.6) is 0 Å². The summed E-state index contributed by atoms with van der Waals surface area (Å²) in [6.07, 6.45) is 9.57. The second-order valence-corrected chi connectivity index (χ2v) is 8.26. The number of aryl methyl sites for hydroxylation is 1. The first-order valence-electron chi connectivity index (χ1n) is 11.1. The predicted octanol–water partition coefficient (Wildman–Crippen LogP) is 5.51. The zero-order valence-electron chi connectivity index (χ0n) is 17.6. The molecule has 6 nitrogen and oxygen atoms in total. The summed E-state index contributed by atoms with van der Waals surface area (Å²) >= 11 is 0. The Hall–Kier alpha value is -3.54. The van der Waals surface area contributed by atoms with Gasteiger partial charge in [0.05, 0.1) is 46.4 Å². The van der Waals surface area contributed by atoms with Crippen molar-refractivity contribution in [1.29, 1.82) is 0 Å². The Labute approximate surface area is 180 Å². The zero-order chi connectivity index (χ0) is 20.8. The van der Waals surface area contributed by atoms with Crippen molar-refractivity contribution in [2.24, 2.45) is 0 Å². The molecule has 3 aromatic heterocycles. The van der Waals surface area contributed by atoms with Crippen LogP contribution in [0.25, 0.3) is 39.0 Å². The molecule has 0 aliphatic heterocycles. The first-order valence-corrected chi connectivity index (χ1v) is 11.1. The average Bonchev–Trinajstić information content (AvgIpc) is 3.57. The van der Waals surface area contributed by atoms with Crippen LogP contribution in [0.1, 0.15) is 44.3 Å². The number of aromatic nitrogens is 6. The smallest absolute Gasteiger partial charge is 0.173 e. The molecule has 0 N–H and O–H groups in total. The summed E-state index contributed by atoms with van der Waals surface area (Å²) in [7, 11) is 0. The maximum absolute atomic E-state index is 5.00. The highest BCUT2D eigenvalue weighted by Crippen LogP contribution is 2.35. The number of hydrogen-bond donors (Lipinski definition) is 0. The zero-order valence-corrected chi connectivity index (χ0v) is 17.6. The Balaban J connectivity index is 1.48. The topological polar surface area (TPSA) is 61.4 Å². The Kier molecular flexibility index (Phi) is 4.30. The first kappa shape index (κ1) is 18.2. The molecule has 0 bridgehead atoms. The minimum atomic E-state index is 0.509. The maximum atomic E-state index is 5.00. The summed E-state index contributed by atoms with van der Waals surface area (Å²) in [4.78, 5) is 9.35. The second-order valence-electron chi connectivity index (χ2n) is 8.26. The van der Waals surface area contributed by atoms with Gasteiger partial charge in [-0.15, -0.1) is 0 Å². The van der Waals surface area contributed by atoms with E-state index in [4.69, 9.17) is 10.1 Å². The Morgan fingerprint density at radius 2 is 1.84 bits per heavy atom. The van der Waals surface area contributed by atoms with Crippen molar-refractivity contribution in [2.75, 3.05) is 0 Å². The van der Waals surface area contributed by atoms with Crippen molar-refractivity contribution in [1.82, 2.24) is 29.5 Å². The molecule has 0 atom stereocenters. The highest BCUT2D eigenvalue weighted by Gasteiger charge is 2.22. The van der Waals surface area contributed by atoms with Crippen molar-refractivity contribution < 1.29 is 0 Å². The van der Waals surface area contributed by atoms with Gasteiger partial charge in [-0.05, 0) is 43.5 Å². The van der Waals surface area contributed by atoms with Gasteiger partial charge in [-0.25, -0.2) is 9.67 Å². The van der Waals surface area contributed by atoms with Gasteiger partial charge in [0.2, 0.25) is 0 Å². The number of benzene rings is 2. The van der Waals surface area contributed by atoms with Crippen molar-refractivity contribution in [3.8, 4) is 17.1 Å². The van der Waals surface area contributed by atoms with Crippen LogP contribution >= 0.6 is 0 Å². The van der Waals surface area contributed by atoms with Crippen LogP contribution in [0, 0.1) is 0 Å². The van der Waals surface area contributed by atoms with E-state index < -0.39 is 0 Å². The number of para-hydroxylation sites is 2. The summed E-state index contributed by atoms with van der Waals surface area (Å²) in [6.45, 7) is 2.18. The van der Waals surface area contributed by atoms with Gasteiger partial charge in [-0.2, -0.15) is 10.2 Å². The van der Waals surface area contributed by atoms with Crippen LogP contribution < -0.4 is 0 Å². The summed E-state index contributed by atoms with van der Waals surface area (Å²) in [5.41, 5.74) is 6.27. The third-order valence-corrected chi connectivity index (χ3v) is 6.38. The average molecular weight is 409 g/mol. The van der Waals surface area contributed by atoms with E-state index in [1.54, 1.807) is 6.20 Å². The van der Waals surface area contributed by atoms with Crippen molar-refractivity contribution in [3.05, 3.63) is 66.6 Å². The molecule has 1 saturated carbocycles. The number of rotatable bonds is 4. The van der Waals surface area contributed by atoms with Gasteiger partial charge < -0.3 is 0 Å². The highest BCUT2D eigenvalue weighted by atomic mass is 15.3. The van der Waals surface area contributed by atoms with Crippen LogP contribution in [0.15, 0.2) is 60.9 Å². The number of hydrogen-bond acceptors (Lipinski definition) is 4. The normalized spacial score (nSPS) is 14.7. The van der Waals surface area contributed by atoms with Crippen molar-refractivity contribution in [2.45, 2.75) is 45.1 Å². The molecule has 0 unspecified atom stereocenters. The van der Waals surface area contributed by atoms with E-state index in [9.17, 15) is 0 Å². The van der Waals surface area contributed by atoms with E-state index in [-0.39, 0.29) is 0 Å². The second kappa shape index (κ2) is 7.30. The fraction of sp³-hybridized carbons (Fsp3) is 0.280. The Morgan fingerprint density at radius 3 is 2.68 bits per heavy atom. The van der Waals surface area contributed by atoms with E-state index in [2.05, 4.69) is 39.9 Å². The largest absolute Gasteiger partial charge is 0.262 e. The van der Waals surface area contributed by atoms with E-state index >= 15 is 0 Å². The van der Waals surface area contributed by atoms with E-state index in [0.717, 1.165) is 34.5 Å². The molecule has 1 aliphatic carbocycles. The molecule has 6 heteroatoms. The molecule has 0 saturated heterocycles. The summed E-state index contributed by atoms with van der Waals surface area (Å²) < 4.78 is 4.15. The fourth-order valence-corrected chi connectivity index (χ4v) is 4.80. The van der Waals surface area contributed by atoms with Gasteiger partial charge >= 0.3 is 0 Å². The standard InChI is InChI=1S/C25H24N6/c1-2-20-19-12-11-17(15-24(19)30(29-20)18-7-3-4-8-18)23-13-14-27-31(23)25-16-26-21-9-5-6-10-22(21)28-25/h5-6,9-16,18H,2-4,7-8H2,1H3. The number of nitrogens with zero attached hydrogens (tertiary/aromatic N) is 6. The highest BCUT2D eigenvalue weighted by molar-refractivity contribution is 5.87. The quantitative estimate of drug-likeness (QED) is 0.393. The molecular formula is C25H24N6. The monoisotopic (exact) mass is 408 g/mol. The lowest BCUT2D eigenvalue weighted by Crippen LogP contribution is -2.07. The van der Waals surface area contributed by atoms with Gasteiger partial charge in [0.25, 0.3) is 0 Å². The minimum Gasteiger partial charge on any atom is -0.262 e. The van der Waals surface area contributed by atoms with Crippen LogP contribution in [-0.2, 0) is 6.42 Å². The Bertz CT molecular complexity index is 1390. The molecule has 6 rings (SSSR count). The summed E-state index contributed by atoms with van der Waals surface area (Å²) in [5.74, 6) is 0.720. The van der Waals surface area contributed by atoms with Gasteiger partial charge in [0, 0.05) is 10.9 Å². The van der Waals surface area contributed by atoms with Crippen LogP contribution in [0.4, 0.5) is 0 Å². The lowest BCUT2D eigenvalue weighted by Gasteiger charge is -2.12. The van der Waals surface area contributed by atoms with Crippen LogP contribution in [0.2, 0.25) is 0 Å². The van der Waals surface area contributed by atoms with Gasteiger partial charge in [-0.1, -0.05) is 44.0 Å². The van der Waals surface area contributed by atoms with E-state index in [1.165, 1.54) is 42.3 Å². The molecule has 0 radical (unpaired) electrons. The third-order valence-electron chi connectivity index (χ3n) is 6.38. The van der Waals surface area contributed by atoms with Crippen molar-refractivity contribution in [3.63, 3.8) is 0 Å². The predicted molar refractivity (Wildman–Crippen MR) is 122 cm³/mol. The van der Waals surface area contributed by atoms with Gasteiger partial charge in [0.15, 0.2) is 5.82 Å². The molecule has 154 valence electrons. The van der Waals surface area contributed by atoms with E-state index in [1.807, 2.05) is 41.2 Å². The molecule has 3 heterocycles. The van der Waals surface area contributed by atoms with Gasteiger partial charge in [0.1, 0.15) is 0 Å². The SMILES string of the molecule is CCc1nn(C2CCCC2)c2cc(-c3ccnn3-c3cnc4ccccc4n3)ccc12.